The van der Waals surface area contributed by atoms with Crippen LogP contribution in [0.15, 0.2) is 18.2 Å². The summed E-state index contributed by atoms with van der Waals surface area (Å²) in [6.45, 7) is 1.84. The van der Waals surface area contributed by atoms with E-state index in [9.17, 15) is 18.0 Å². The fourth-order valence-corrected chi connectivity index (χ4v) is 1.71. The van der Waals surface area contributed by atoms with Crippen molar-refractivity contribution in [2.45, 2.75) is 25.7 Å². The van der Waals surface area contributed by atoms with Gasteiger partial charge in [-0.25, -0.2) is 0 Å². The summed E-state index contributed by atoms with van der Waals surface area (Å²) in [5, 5.41) is 0. The van der Waals surface area contributed by atoms with Crippen LogP contribution in [-0.4, -0.2) is 26.0 Å². The highest BCUT2D eigenvalue weighted by molar-refractivity contribution is 5.70. The first-order valence-corrected chi connectivity index (χ1v) is 6.11. The minimum absolute atomic E-state index is 0.181. The molecule has 0 saturated carbocycles. The van der Waals surface area contributed by atoms with Crippen LogP contribution >= 0.6 is 0 Å². The molecule has 0 radical (unpaired) electrons. The summed E-state index contributed by atoms with van der Waals surface area (Å²) < 4.78 is 50.2. The Bertz CT molecular complexity index is 491. The van der Waals surface area contributed by atoms with Gasteiger partial charge in [-0.2, -0.15) is 0 Å². The Morgan fingerprint density at radius 3 is 2.57 bits per heavy atom. The zero-order chi connectivity index (χ0) is 16.0. The van der Waals surface area contributed by atoms with Crippen molar-refractivity contribution < 1.29 is 32.2 Å². The third-order valence-corrected chi connectivity index (χ3v) is 2.53. The van der Waals surface area contributed by atoms with E-state index in [-0.39, 0.29) is 24.3 Å². The first-order valence-electron chi connectivity index (χ1n) is 6.11. The molecule has 0 aliphatic heterocycles. The molecule has 21 heavy (non-hydrogen) atoms. The van der Waals surface area contributed by atoms with E-state index in [0.717, 1.165) is 12.1 Å². The third kappa shape index (κ3) is 5.50. The molecule has 0 aliphatic carbocycles. The predicted octanol–water partition coefficient (Wildman–Crippen LogP) is 2.55. The van der Waals surface area contributed by atoms with E-state index in [4.69, 9.17) is 15.2 Å². The van der Waals surface area contributed by atoms with Gasteiger partial charge in [-0.05, 0) is 25.1 Å². The average Bonchev–Trinajstić information content (AvgIpc) is 2.36. The van der Waals surface area contributed by atoms with Gasteiger partial charge in [0.05, 0.1) is 20.1 Å². The quantitative estimate of drug-likeness (QED) is 0.818. The molecule has 0 heterocycles. The summed E-state index contributed by atoms with van der Waals surface area (Å²) in [5.41, 5.74) is 6.05. The summed E-state index contributed by atoms with van der Waals surface area (Å²) in [6, 6.07) is 2.63. The first-order chi connectivity index (χ1) is 9.76. The van der Waals surface area contributed by atoms with Gasteiger partial charge in [0.25, 0.3) is 0 Å². The molecule has 1 aromatic carbocycles. The van der Waals surface area contributed by atoms with Crippen molar-refractivity contribution in [3.8, 4) is 11.5 Å². The van der Waals surface area contributed by atoms with Gasteiger partial charge in [0.1, 0.15) is 11.5 Å². The number of methoxy groups -OCH3 is 1. The van der Waals surface area contributed by atoms with Crippen LogP contribution in [0.4, 0.5) is 13.2 Å². The molecule has 0 bridgehead atoms. The third-order valence-electron chi connectivity index (χ3n) is 2.53. The second-order valence-electron chi connectivity index (χ2n) is 4.07. The molecule has 5 nitrogen and oxygen atoms in total. The second-order valence-corrected chi connectivity index (χ2v) is 4.07. The Kier molecular flexibility index (Phi) is 5.83. The molecule has 8 heteroatoms. The van der Waals surface area contributed by atoms with Crippen molar-refractivity contribution in [3.63, 3.8) is 0 Å². The number of halogens is 3. The van der Waals surface area contributed by atoms with E-state index >= 15 is 0 Å². The minimum Gasteiger partial charge on any atom is -0.496 e. The molecule has 0 fully saturated rings. The molecule has 0 aromatic heterocycles. The monoisotopic (exact) mass is 307 g/mol. The van der Waals surface area contributed by atoms with Gasteiger partial charge in [-0.15, -0.1) is 13.2 Å². The molecule has 0 aliphatic rings. The number of nitrogens with two attached hydrogens (primary N) is 1. The van der Waals surface area contributed by atoms with Crippen molar-refractivity contribution in [2.24, 2.45) is 5.73 Å². The lowest BCUT2D eigenvalue weighted by Gasteiger charge is -2.17. The van der Waals surface area contributed by atoms with Crippen LogP contribution in [0.1, 0.15) is 24.9 Å². The number of benzene rings is 1. The van der Waals surface area contributed by atoms with Crippen LogP contribution < -0.4 is 15.2 Å². The van der Waals surface area contributed by atoms with Crippen LogP contribution in [0, 0.1) is 0 Å². The lowest BCUT2D eigenvalue weighted by molar-refractivity contribution is -0.274. The van der Waals surface area contributed by atoms with E-state index < -0.39 is 24.1 Å². The van der Waals surface area contributed by atoms with Crippen molar-refractivity contribution >= 4 is 5.97 Å². The fourth-order valence-electron chi connectivity index (χ4n) is 1.71. The maximum atomic E-state index is 12.2. The standard InChI is InChI=1S/C13H16F3NO4/c1-3-20-12(18)7-10(17)9-6-8(21-13(14,15)16)4-5-11(9)19-2/h4-6,10H,3,7,17H2,1-2H3/t10-/m0/s1. The van der Waals surface area contributed by atoms with Gasteiger partial charge in [0.2, 0.25) is 0 Å². The molecule has 1 rings (SSSR count). The summed E-state index contributed by atoms with van der Waals surface area (Å²) in [7, 11) is 1.35. The van der Waals surface area contributed by atoms with Gasteiger partial charge < -0.3 is 19.9 Å². The molecular weight excluding hydrogens is 291 g/mol. The van der Waals surface area contributed by atoms with Crippen LogP contribution in [0.25, 0.3) is 0 Å². The van der Waals surface area contributed by atoms with Crippen molar-refractivity contribution in [2.75, 3.05) is 13.7 Å². The minimum atomic E-state index is -4.81. The highest BCUT2D eigenvalue weighted by atomic mass is 19.4. The first kappa shape index (κ1) is 17.1. The largest absolute Gasteiger partial charge is 0.573 e. The number of hydrogen-bond acceptors (Lipinski definition) is 5. The zero-order valence-electron chi connectivity index (χ0n) is 11.6. The lowest BCUT2D eigenvalue weighted by Crippen LogP contribution is -2.20. The Morgan fingerprint density at radius 1 is 1.38 bits per heavy atom. The summed E-state index contributed by atoms with van der Waals surface area (Å²) in [4.78, 5) is 11.4. The average molecular weight is 307 g/mol. The molecule has 0 saturated heterocycles. The number of esters is 1. The summed E-state index contributed by atoms with van der Waals surface area (Å²) in [6.07, 6.45) is -4.99. The molecule has 1 atom stereocenters. The van der Waals surface area contributed by atoms with Gasteiger partial charge in [-0.1, -0.05) is 0 Å². The van der Waals surface area contributed by atoms with E-state index in [1.165, 1.54) is 13.2 Å². The molecular formula is C13H16F3NO4. The van der Waals surface area contributed by atoms with E-state index in [1.807, 2.05) is 0 Å². The van der Waals surface area contributed by atoms with E-state index in [0.29, 0.717) is 0 Å². The number of carbonyl (C=O) groups is 1. The smallest absolute Gasteiger partial charge is 0.496 e. The Morgan fingerprint density at radius 2 is 2.05 bits per heavy atom. The molecule has 2 N–H and O–H groups in total. The van der Waals surface area contributed by atoms with Crippen LogP contribution in [-0.2, 0) is 9.53 Å². The van der Waals surface area contributed by atoms with Crippen LogP contribution in [0.3, 0.4) is 0 Å². The van der Waals surface area contributed by atoms with Gasteiger partial charge in [0.15, 0.2) is 0 Å². The highest BCUT2D eigenvalue weighted by Crippen LogP contribution is 2.32. The summed E-state index contributed by atoms with van der Waals surface area (Å²) in [5.74, 6) is -0.715. The molecule has 1 aromatic rings. The maximum absolute atomic E-state index is 12.2. The normalized spacial score (nSPS) is 12.7. The number of hydrogen-bond donors (Lipinski definition) is 1. The number of rotatable bonds is 6. The van der Waals surface area contributed by atoms with Crippen molar-refractivity contribution in [3.05, 3.63) is 23.8 Å². The Balaban J connectivity index is 2.96. The maximum Gasteiger partial charge on any atom is 0.573 e. The van der Waals surface area contributed by atoms with E-state index in [2.05, 4.69) is 4.74 Å². The Hall–Kier alpha value is -1.96. The Labute approximate surface area is 119 Å². The number of ether oxygens (including phenoxy) is 3. The van der Waals surface area contributed by atoms with Crippen molar-refractivity contribution in [1.29, 1.82) is 0 Å². The molecule has 0 unspecified atom stereocenters. The number of carbonyl (C=O) groups excluding carboxylic acids is 1. The van der Waals surface area contributed by atoms with Gasteiger partial charge >= 0.3 is 12.3 Å². The van der Waals surface area contributed by atoms with Gasteiger partial charge in [-0.3, -0.25) is 4.79 Å². The number of alkyl halides is 3. The zero-order valence-corrected chi connectivity index (χ0v) is 11.6. The van der Waals surface area contributed by atoms with Crippen LogP contribution in [0.2, 0.25) is 0 Å². The summed E-state index contributed by atoms with van der Waals surface area (Å²) >= 11 is 0. The van der Waals surface area contributed by atoms with Crippen molar-refractivity contribution in [1.82, 2.24) is 0 Å². The van der Waals surface area contributed by atoms with Gasteiger partial charge in [0, 0.05) is 11.6 Å². The second kappa shape index (κ2) is 7.16. The molecule has 118 valence electrons. The predicted molar refractivity (Wildman–Crippen MR) is 67.9 cm³/mol. The molecule has 0 amide bonds. The topological polar surface area (TPSA) is 70.8 Å². The molecule has 0 spiro atoms. The van der Waals surface area contributed by atoms with E-state index in [1.54, 1.807) is 6.92 Å². The van der Waals surface area contributed by atoms with Crippen LogP contribution in [0.5, 0.6) is 11.5 Å². The highest BCUT2D eigenvalue weighted by Gasteiger charge is 2.31. The SMILES string of the molecule is CCOC(=O)C[C@H](N)c1cc(OC(F)(F)F)ccc1OC. The fraction of sp³-hybridized carbons (Fsp3) is 0.462. The lowest BCUT2D eigenvalue weighted by atomic mass is 10.0.